The summed E-state index contributed by atoms with van der Waals surface area (Å²) >= 11 is 13.3. The summed E-state index contributed by atoms with van der Waals surface area (Å²) in [5, 5.41) is -1.57. The van der Waals surface area contributed by atoms with E-state index in [1.807, 2.05) is 0 Å². The molecule has 0 aromatic carbocycles. The Kier molecular flexibility index (Phi) is 4.88. The van der Waals surface area contributed by atoms with Crippen molar-refractivity contribution in [3.8, 4) is 0 Å². The van der Waals surface area contributed by atoms with Gasteiger partial charge in [0.05, 0.1) is 0 Å². The summed E-state index contributed by atoms with van der Waals surface area (Å²) in [6.07, 6.45) is 0. The van der Waals surface area contributed by atoms with Crippen molar-refractivity contribution < 1.29 is 8.78 Å². The Balaban J connectivity index is 4.40. The van der Waals surface area contributed by atoms with E-state index >= 15 is 0 Å². The van der Waals surface area contributed by atoms with Crippen LogP contribution in [-0.4, -0.2) is 11.8 Å². The van der Waals surface area contributed by atoms with Crippen molar-refractivity contribution in [3.63, 3.8) is 0 Å². The van der Waals surface area contributed by atoms with Gasteiger partial charge in [-0.15, -0.1) is 0 Å². The lowest BCUT2D eigenvalue weighted by atomic mass is 10.5. The third kappa shape index (κ3) is 2.95. The third-order valence-electron chi connectivity index (χ3n) is 0.652. The standard InChI is InChI=1S/C3HBr5F2/c4-1(9)2(5,6)3(7,8)10/h1H. The monoisotopic (exact) mass is 470 g/mol. The summed E-state index contributed by atoms with van der Waals surface area (Å²) < 4.78 is 21.8. The first-order valence-electron chi connectivity index (χ1n) is 1.92. The molecule has 0 aliphatic carbocycles. The minimum Gasteiger partial charge on any atom is -0.232 e. The van der Waals surface area contributed by atoms with Crippen molar-refractivity contribution in [3.05, 3.63) is 0 Å². The normalized spacial score (nSPS) is 17.1. The largest absolute Gasteiger partial charge is 0.247 e. The van der Waals surface area contributed by atoms with Crippen LogP contribution in [0.2, 0.25) is 0 Å². The first-order chi connectivity index (χ1) is 4.19. The molecule has 0 spiro atoms. The van der Waals surface area contributed by atoms with Crippen LogP contribution >= 0.6 is 79.6 Å². The lowest BCUT2D eigenvalue weighted by molar-refractivity contribution is 0.336. The third-order valence-corrected chi connectivity index (χ3v) is 7.84. The van der Waals surface area contributed by atoms with Crippen molar-refractivity contribution >= 4 is 79.6 Å². The van der Waals surface area contributed by atoms with Crippen LogP contribution in [0.5, 0.6) is 0 Å². The smallest absolute Gasteiger partial charge is 0.232 e. The Labute approximate surface area is 99.1 Å². The molecule has 1 atom stereocenters. The molecule has 0 aliphatic heterocycles. The summed E-state index contributed by atoms with van der Waals surface area (Å²) in [5.74, 6) is 0. The van der Waals surface area contributed by atoms with Crippen LogP contribution in [0.1, 0.15) is 0 Å². The summed E-state index contributed by atoms with van der Waals surface area (Å²) in [7, 11) is 0. The quantitative estimate of drug-likeness (QED) is 0.514. The van der Waals surface area contributed by atoms with Crippen molar-refractivity contribution in [1.82, 2.24) is 0 Å². The van der Waals surface area contributed by atoms with Gasteiger partial charge in [-0.2, -0.15) is 0 Å². The lowest BCUT2D eigenvalue weighted by Gasteiger charge is -2.27. The SMILES string of the molecule is FC(Br)C(Br)(Br)C(F)(Br)Br. The topological polar surface area (TPSA) is 0 Å². The second kappa shape index (κ2) is 3.98. The molecule has 0 aromatic heterocycles. The van der Waals surface area contributed by atoms with E-state index in [9.17, 15) is 8.78 Å². The molecule has 0 nitrogen and oxygen atoms in total. The molecule has 0 amide bonds. The van der Waals surface area contributed by atoms with Gasteiger partial charge in [0, 0.05) is 0 Å². The molecule has 0 N–H and O–H groups in total. The summed E-state index contributed by atoms with van der Waals surface area (Å²) in [4.78, 5) is 0. The average Bonchev–Trinajstić information content (AvgIpc) is 1.62. The molecule has 0 radical (unpaired) electrons. The highest BCUT2D eigenvalue weighted by Gasteiger charge is 2.51. The van der Waals surface area contributed by atoms with Gasteiger partial charge in [0.1, 0.15) is 0 Å². The van der Waals surface area contributed by atoms with Crippen LogP contribution in [0.15, 0.2) is 0 Å². The molecule has 0 aliphatic rings. The molecular weight excluding hydrogens is 474 g/mol. The van der Waals surface area contributed by atoms with Crippen LogP contribution in [0.4, 0.5) is 8.78 Å². The molecule has 62 valence electrons. The predicted molar refractivity (Wildman–Crippen MR) is 56.1 cm³/mol. The number of hydrogen-bond acceptors (Lipinski definition) is 0. The lowest BCUT2D eigenvalue weighted by Crippen LogP contribution is -2.36. The summed E-state index contributed by atoms with van der Waals surface area (Å²) in [5.41, 5.74) is 0. The van der Waals surface area contributed by atoms with Gasteiger partial charge < -0.3 is 0 Å². The Hall–Kier alpha value is 2.26. The zero-order valence-electron chi connectivity index (χ0n) is 4.22. The molecule has 0 fully saturated rings. The maximum Gasteiger partial charge on any atom is 0.247 e. The van der Waals surface area contributed by atoms with Gasteiger partial charge in [-0.3, -0.25) is 0 Å². The second-order valence-corrected chi connectivity index (χ2v) is 9.04. The van der Waals surface area contributed by atoms with Gasteiger partial charge >= 0.3 is 0 Å². The van der Waals surface area contributed by atoms with Crippen molar-refractivity contribution in [1.29, 1.82) is 0 Å². The molecule has 10 heavy (non-hydrogen) atoms. The minimum atomic E-state index is -2.05. The maximum atomic E-state index is 12.9. The van der Waals surface area contributed by atoms with Gasteiger partial charge in [0.2, 0.25) is 3.49 Å². The van der Waals surface area contributed by atoms with E-state index in [-0.39, 0.29) is 0 Å². The average molecular weight is 475 g/mol. The molecule has 0 heterocycles. The molecule has 0 aromatic rings. The van der Waals surface area contributed by atoms with E-state index < -0.39 is 11.8 Å². The van der Waals surface area contributed by atoms with Gasteiger partial charge in [-0.1, -0.05) is 31.9 Å². The molecular formula is C3HBr5F2. The first kappa shape index (κ1) is 12.3. The molecule has 0 saturated heterocycles. The summed E-state index contributed by atoms with van der Waals surface area (Å²) in [6.45, 7) is 0. The first-order valence-corrected chi connectivity index (χ1v) is 6.01. The van der Waals surface area contributed by atoms with Gasteiger partial charge in [-0.25, -0.2) is 8.78 Å². The van der Waals surface area contributed by atoms with Crippen LogP contribution < -0.4 is 0 Å². The second-order valence-electron chi connectivity index (χ2n) is 1.42. The fraction of sp³-hybridized carbons (Fsp3) is 1.00. The molecule has 0 rings (SSSR count). The molecule has 7 heteroatoms. The van der Waals surface area contributed by atoms with Gasteiger partial charge in [0.25, 0.3) is 0 Å². The summed E-state index contributed by atoms with van der Waals surface area (Å²) in [6, 6.07) is 0. The van der Waals surface area contributed by atoms with Crippen LogP contribution in [0.25, 0.3) is 0 Å². The molecule has 0 saturated carbocycles. The highest BCUT2D eigenvalue weighted by Crippen LogP contribution is 2.53. The van der Waals surface area contributed by atoms with Crippen LogP contribution in [0.3, 0.4) is 0 Å². The number of hydrogen-bond donors (Lipinski definition) is 0. The Morgan fingerprint density at radius 2 is 1.40 bits per heavy atom. The van der Waals surface area contributed by atoms with Gasteiger partial charge in [0.15, 0.2) is 8.31 Å². The van der Waals surface area contributed by atoms with E-state index in [4.69, 9.17) is 0 Å². The Morgan fingerprint density at radius 3 is 1.40 bits per heavy atom. The van der Waals surface area contributed by atoms with Crippen molar-refractivity contribution in [2.24, 2.45) is 0 Å². The molecule has 1 unspecified atom stereocenters. The fourth-order valence-electron chi connectivity index (χ4n) is 0.124. The Morgan fingerprint density at radius 1 is 1.10 bits per heavy atom. The number of rotatable bonds is 2. The zero-order chi connectivity index (χ0) is 8.58. The van der Waals surface area contributed by atoms with Crippen molar-refractivity contribution in [2.45, 2.75) is 11.8 Å². The number of halogens is 7. The highest BCUT2D eigenvalue weighted by molar-refractivity contribution is 9.30. The van der Waals surface area contributed by atoms with Crippen molar-refractivity contribution in [2.75, 3.05) is 0 Å². The highest BCUT2D eigenvalue weighted by atomic mass is 79.9. The van der Waals surface area contributed by atoms with E-state index in [0.717, 1.165) is 0 Å². The van der Waals surface area contributed by atoms with E-state index in [1.54, 1.807) is 0 Å². The van der Waals surface area contributed by atoms with E-state index in [2.05, 4.69) is 79.6 Å². The minimum absolute atomic E-state index is 1.52. The van der Waals surface area contributed by atoms with Crippen LogP contribution in [-0.2, 0) is 0 Å². The number of alkyl halides is 7. The van der Waals surface area contributed by atoms with Crippen LogP contribution in [0, 0.1) is 0 Å². The Bertz CT molecular complexity index is 117. The fourth-order valence-corrected chi connectivity index (χ4v) is 1.46. The van der Waals surface area contributed by atoms with E-state index in [1.165, 1.54) is 0 Å². The predicted octanol–water partition coefficient (Wildman–Crippen LogP) is 4.58. The maximum absolute atomic E-state index is 12.9. The van der Waals surface area contributed by atoms with Gasteiger partial charge in [-0.05, 0) is 47.8 Å². The molecule has 0 bridgehead atoms. The van der Waals surface area contributed by atoms with E-state index in [0.29, 0.717) is 0 Å². The zero-order valence-corrected chi connectivity index (χ0v) is 12.2.